The average Bonchev–Trinajstić information content (AvgIpc) is 2.42. The zero-order valence-corrected chi connectivity index (χ0v) is 12.1. The predicted octanol–water partition coefficient (Wildman–Crippen LogP) is 3.47. The maximum Gasteiger partial charge on any atom is 0.317 e. The number of carbonyl (C=O) groups excluding carboxylic acids is 1. The molecule has 104 valence electrons. The van der Waals surface area contributed by atoms with Crippen molar-refractivity contribution in [1.82, 2.24) is 10.2 Å². The Kier molecular flexibility index (Phi) is 5.08. The number of nitrogens with zero attached hydrogens (tertiary/aromatic N) is 1. The number of rotatable bonds is 3. The van der Waals surface area contributed by atoms with E-state index in [1.807, 2.05) is 36.1 Å². The van der Waals surface area contributed by atoms with E-state index in [0.717, 1.165) is 42.9 Å². The van der Waals surface area contributed by atoms with Crippen molar-refractivity contribution in [3.63, 3.8) is 0 Å². The first kappa shape index (κ1) is 14.2. The van der Waals surface area contributed by atoms with Gasteiger partial charge in [-0.2, -0.15) is 0 Å². The summed E-state index contributed by atoms with van der Waals surface area (Å²) < 4.78 is 0. The first-order chi connectivity index (χ1) is 9.16. The van der Waals surface area contributed by atoms with Gasteiger partial charge >= 0.3 is 6.03 Å². The number of piperidine rings is 1. The lowest BCUT2D eigenvalue weighted by atomic mass is 10.1. The van der Waals surface area contributed by atoms with Crippen LogP contribution in [0, 0.1) is 0 Å². The van der Waals surface area contributed by atoms with Crippen molar-refractivity contribution in [3.8, 4) is 0 Å². The first-order valence-electron chi connectivity index (χ1n) is 6.95. The molecule has 0 aromatic heterocycles. The molecule has 1 aliphatic heterocycles. The third-order valence-electron chi connectivity index (χ3n) is 3.50. The van der Waals surface area contributed by atoms with Gasteiger partial charge in [-0.15, -0.1) is 0 Å². The van der Waals surface area contributed by atoms with E-state index in [-0.39, 0.29) is 12.1 Å². The van der Waals surface area contributed by atoms with Crippen molar-refractivity contribution in [2.24, 2.45) is 0 Å². The van der Waals surface area contributed by atoms with Crippen LogP contribution in [-0.4, -0.2) is 30.1 Å². The summed E-state index contributed by atoms with van der Waals surface area (Å²) in [6, 6.07) is 7.93. The van der Waals surface area contributed by atoms with Gasteiger partial charge in [0.1, 0.15) is 0 Å². The van der Waals surface area contributed by atoms with Crippen LogP contribution in [0.1, 0.15) is 31.7 Å². The second-order valence-corrected chi connectivity index (χ2v) is 5.60. The number of hydrogen-bond donors (Lipinski definition) is 1. The monoisotopic (exact) mass is 280 g/mol. The molecule has 0 bridgehead atoms. The number of amides is 2. The van der Waals surface area contributed by atoms with E-state index in [1.54, 1.807) is 0 Å². The predicted molar refractivity (Wildman–Crippen MR) is 78.6 cm³/mol. The summed E-state index contributed by atoms with van der Waals surface area (Å²) >= 11 is 6.13. The first-order valence-corrected chi connectivity index (χ1v) is 7.33. The standard InChI is InChI=1S/C15H21ClN2O/c1-12(11-13-7-3-4-8-14(13)16)17-15(19)18-9-5-2-6-10-18/h3-4,7-8,12H,2,5-6,9-11H2,1H3,(H,17,19). The van der Waals surface area contributed by atoms with E-state index >= 15 is 0 Å². The molecule has 1 N–H and O–H groups in total. The van der Waals surface area contributed by atoms with E-state index in [1.165, 1.54) is 6.42 Å². The van der Waals surface area contributed by atoms with Gasteiger partial charge in [0.2, 0.25) is 0 Å². The Labute approximate surface area is 119 Å². The smallest absolute Gasteiger partial charge is 0.317 e. The molecule has 2 amide bonds. The van der Waals surface area contributed by atoms with Crippen molar-refractivity contribution >= 4 is 17.6 Å². The molecule has 3 nitrogen and oxygen atoms in total. The Morgan fingerprint density at radius 3 is 2.68 bits per heavy atom. The summed E-state index contributed by atoms with van der Waals surface area (Å²) in [7, 11) is 0. The van der Waals surface area contributed by atoms with Gasteiger partial charge in [0, 0.05) is 24.2 Å². The molecule has 1 aromatic carbocycles. The van der Waals surface area contributed by atoms with Crippen LogP contribution in [0.2, 0.25) is 5.02 Å². The highest BCUT2D eigenvalue weighted by atomic mass is 35.5. The number of nitrogens with one attached hydrogen (secondary N) is 1. The number of halogens is 1. The fourth-order valence-electron chi connectivity index (χ4n) is 2.44. The van der Waals surface area contributed by atoms with Crippen LogP contribution in [0.15, 0.2) is 24.3 Å². The molecule has 0 aliphatic carbocycles. The van der Waals surface area contributed by atoms with E-state index in [4.69, 9.17) is 11.6 Å². The normalized spacial score (nSPS) is 17.1. The molecule has 19 heavy (non-hydrogen) atoms. The van der Waals surface area contributed by atoms with Gasteiger partial charge < -0.3 is 10.2 Å². The Morgan fingerprint density at radius 2 is 2.00 bits per heavy atom. The maximum absolute atomic E-state index is 12.1. The van der Waals surface area contributed by atoms with E-state index < -0.39 is 0 Å². The van der Waals surface area contributed by atoms with Crippen molar-refractivity contribution in [2.45, 2.75) is 38.6 Å². The van der Waals surface area contributed by atoms with Crippen LogP contribution in [0.4, 0.5) is 4.79 Å². The Hall–Kier alpha value is -1.22. The third-order valence-corrected chi connectivity index (χ3v) is 3.87. The van der Waals surface area contributed by atoms with Crippen LogP contribution in [0.5, 0.6) is 0 Å². The maximum atomic E-state index is 12.1. The number of likely N-dealkylation sites (tertiary alicyclic amines) is 1. The average molecular weight is 281 g/mol. The van der Waals surface area contributed by atoms with Crippen LogP contribution in [0.3, 0.4) is 0 Å². The Morgan fingerprint density at radius 1 is 1.32 bits per heavy atom. The van der Waals surface area contributed by atoms with Gasteiger partial charge in [-0.25, -0.2) is 4.79 Å². The van der Waals surface area contributed by atoms with E-state index in [0.29, 0.717) is 0 Å². The van der Waals surface area contributed by atoms with Crippen LogP contribution in [-0.2, 0) is 6.42 Å². The summed E-state index contributed by atoms with van der Waals surface area (Å²) in [6.45, 7) is 3.78. The quantitative estimate of drug-likeness (QED) is 0.903. The molecule has 1 saturated heterocycles. The van der Waals surface area contributed by atoms with Crippen LogP contribution in [0.25, 0.3) is 0 Å². The summed E-state index contributed by atoms with van der Waals surface area (Å²) in [6.07, 6.45) is 4.23. The lowest BCUT2D eigenvalue weighted by Crippen LogP contribution is -2.46. The second-order valence-electron chi connectivity index (χ2n) is 5.19. The van der Waals surface area contributed by atoms with Crippen LogP contribution < -0.4 is 5.32 Å². The minimum absolute atomic E-state index is 0.0549. The minimum Gasteiger partial charge on any atom is -0.335 e. The molecule has 1 heterocycles. The SMILES string of the molecule is CC(Cc1ccccc1Cl)NC(=O)N1CCCCC1. The summed E-state index contributed by atoms with van der Waals surface area (Å²) in [5.74, 6) is 0. The molecule has 1 atom stereocenters. The van der Waals surface area contributed by atoms with Gasteiger partial charge in [-0.3, -0.25) is 0 Å². The molecular weight excluding hydrogens is 260 g/mol. The molecule has 2 rings (SSSR count). The van der Waals surface area contributed by atoms with Gasteiger partial charge in [0.15, 0.2) is 0 Å². The molecule has 1 fully saturated rings. The number of hydrogen-bond acceptors (Lipinski definition) is 1. The van der Waals surface area contributed by atoms with Crippen molar-refractivity contribution < 1.29 is 4.79 Å². The molecule has 0 saturated carbocycles. The van der Waals surface area contributed by atoms with Gasteiger partial charge in [-0.1, -0.05) is 29.8 Å². The van der Waals surface area contributed by atoms with Gasteiger partial charge in [0.05, 0.1) is 0 Å². The summed E-state index contributed by atoms with van der Waals surface area (Å²) in [5.41, 5.74) is 1.08. The fourth-order valence-corrected chi connectivity index (χ4v) is 2.66. The minimum atomic E-state index is 0.0549. The second kappa shape index (κ2) is 6.80. The highest BCUT2D eigenvalue weighted by Crippen LogP contribution is 2.17. The van der Waals surface area contributed by atoms with Crippen molar-refractivity contribution in [1.29, 1.82) is 0 Å². The topological polar surface area (TPSA) is 32.3 Å². The van der Waals surface area contributed by atoms with E-state index in [9.17, 15) is 4.79 Å². The zero-order chi connectivity index (χ0) is 13.7. The molecule has 4 heteroatoms. The van der Waals surface area contributed by atoms with Crippen LogP contribution >= 0.6 is 11.6 Å². The summed E-state index contributed by atoms with van der Waals surface area (Å²) in [4.78, 5) is 14.0. The Balaban J connectivity index is 1.85. The summed E-state index contributed by atoms with van der Waals surface area (Å²) in [5, 5.41) is 3.82. The molecule has 1 aromatic rings. The van der Waals surface area contributed by atoms with Crippen molar-refractivity contribution in [2.75, 3.05) is 13.1 Å². The molecule has 0 radical (unpaired) electrons. The molecule has 1 unspecified atom stereocenters. The third kappa shape index (κ3) is 4.13. The lowest BCUT2D eigenvalue weighted by molar-refractivity contribution is 0.183. The zero-order valence-electron chi connectivity index (χ0n) is 11.4. The molecular formula is C15H21ClN2O. The molecule has 0 spiro atoms. The highest BCUT2D eigenvalue weighted by molar-refractivity contribution is 6.31. The largest absolute Gasteiger partial charge is 0.335 e. The van der Waals surface area contributed by atoms with E-state index in [2.05, 4.69) is 5.32 Å². The fraction of sp³-hybridized carbons (Fsp3) is 0.533. The number of carbonyl (C=O) groups is 1. The van der Waals surface area contributed by atoms with Gasteiger partial charge in [-0.05, 0) is 44.2 Å². The number of benzene rings is 1. The highest BCUT2D eigenvalue weighted by Gasteiger charge is 2.18. The molecule has 1 aliphatic rings. The number of urea groups is 1. The van der Waals surface area contributed by atoms with Crippen molar-refractivity contribution in [3.05, 3.63) is 34.9 Å². The van der Waals surface area contributed by atoms with Gasteiger partial charge in [0.25, 0.3) is 0 Å². The lowest BCUT2D eigenvalue weighted by Gasteiger charge is -2.28. The Bertz CT molecular complexity index is 430.